The van der Waals surface area contributed by atoms with E-state index in [1.54, 1.807) is 0 Å². The van der Waals surface area contributed by atoms with Crippen molar-refractivity contribution in [2.75, 3.05) is 0 Å². The van der Waals surface area contributed by atoms with E-state index in [2.05, 4.69) is 43.4 Å². The van der Waals surface area contributed by atoms with Crippen molar-refractivity contribution >= 4 is 28.6 Å². The van der Waals surface area contributed by atoms with Gasteiger partial charge in [0, 0.05) is 0 Å². The topological polar surface area (TPSA) is 26.3 Å². The quantitative estimate of drug-likeness (QED) is 0.310. The van der Waals surface area contributed by atoms with E-state index < -0.39 is 0 Å². The van der Waals surface area contributed by atoms with E-state index in [1.165, 1.54) is 38.5 Å². The van der Waals surface area contributed by atoms with Gasteiger partial charge in [0.1, 0.15) is 9.53 Å². The van der Waals surface area contributed by atoms with Gasteiger partial charge in [0.15, 0.2) is 0 Å². The lowest BCUT2D eigenvalue weighted by molar-refractivity contribution is -0.159. The van der Waals surface area contributed by atoms with E-state index in [0.717, 1.165) is 24.7 Å². The lowest BCUT2D eigenvalue weighted by Crippen LogP contribution is -2.42. The number of carbonyl (C=O) groups excluding carboxylic acids is 1. The first-order valence-electron chi connectivity index (χ1n) is 9.27. The highest BCUT2D eigenvalue weighted by molar-refractivity contribution is 14.1. The van der Waals surface area contributed by atoms with E-state index in [1.807, 2.05) is 6.92 Å². The average Bonchev–Trinajstić information content (AvgIpc) is 2.51. The van der Waals surface area contributed by atoms with Gasteiger partial charge in [0.25, 0.3) is 0 Å². The molecule has 2 saturated carbocycles. The molecule has 0 spiro atoms. The van der Waals surface area contributed by atoms with Crippen LogP contribution >= 0.6 is 22.6 Å². The van der Waals surface area contributed by atoms with Crippen LogP contribution in [0.2, 0.25) is 0 Å². The number of ether oxygens (including phenoxy) is 1. The molecule has 2 aliphatic carbocycles. The first kappa shape index (κ1) is 18.5. The van der Waals surface area contributed by atoms with Crippen LogP contribution in [0.5, 0.6) is 0 Å². The van der Waals surface area contributed by atoms with E-state index in [-0.39, 0.29) is 15.5 Å². The first-order valence-corrected chi connectivity index (χ1v) is 10.3. The van der Waals surface area contributed by atoms with Gasteiger partial charge >= 0.3 is 5.97 Å². The van der Waals surface area contributed by atoms with Crippen molar-refractivity contribution in [3.05, 3.63) is 0 Å². The molecule has 0 saturated heterocycles. The van der Waals surface area contributed by atoms with Gasteiger partial charge in [-0.15, -0.1) is 0 Å². The zero-order chi connectivity index (χ0) is 16.3. The van der Waals surface area contributed by atoms with Gasteiger partial charge < -0.3 is 4.74 Å². The Morgan fingerprint density at radius 2 is 1.82 bits per heavy atom. The highest BCUT2D eigenvalue weighted by atomic mass is 127. The van der Waals surface area contributed by atoms with E-state index >= 15 is 0 Å². The highest BCUT2D eigenvalue weighted by Gasteiger charge is 2.40. The Bertz CT molecular complexity index is 368. The summed E-state index contributed by atoms with van der Waals surface area (Å²) in [6, 6.07) is 0. The predicted octanol–water partition coefficient (Wildman–Crippen LogP) is 5.76. The zero-order valence-corrected chi connectivity index (χ0v) is 16.9. The summed E-state index contributed by atoms with van der Waals surface area (Å²) in [6.45, 7) is 8.55. The van der Waals surface area contributed by atoms with Crippen molar-refractivity contribution in [2.45, 2.75) is 88.6 Å². The van der Waals surface area contributed by atoms with Crippen molar-refractivity contribution < 1.29 is 9.53 Å². The fraction of sp³-hybridized carbons (Fsp3) is 0.947. The lowest BCUT2D eigenvalue weighted by atomic mass is 9.65. The Labute approximate surface area is 150 Å². The summed E-state index contributed by atoms with van der Waals surface area (Å²) >= 11 is 2.26. The second-order valence-electron chi connectivity index (χ2n) is 7.94. The van der Waals surface area contributed by atoms with Crippen molar-refractivity contribution in [1.29, 1.82) is 0 Å². The highest BCUT2D eigenvalue weighted by Crippen LogP contribution is 2.45. The number of hydrogen-bond donors (Lipinski definition) is 0. The van der Waals surface area contributed by atoms with Crippen LogP contribution in [-0.4, -0.2) is 15.5 Å². The molecule has 0 aromatic heterocycles. The predicted molar refractivity (Wildman–Crippen MR) is 100 cm³/mol. The maximum absolute atomic E-state index is 12.6. The molecule has 2 nitrogen and oxygen atoms in total. The number of rotatable bonds is 6. The second-order valence-corrected chi connectivity index (χ2v) is 10.3. The van der Waals surface area contributed by atoms with Crippen molar-refractivity contribution in [1.82, 2.24) is 0 Å². The monoisotopic (exact) mass is 420 g/mol. The van der Waals surface area contributed by atoms with Crippen LogP contribution < -0.4 is 0 Å². The fourth-order valence-electron chi connectivity index (χ4n) is 4.35. The summed E-state index contributed by atoms with van der Waals surface area (Å²) < 4.78 is 5.74. The molecule has 0 aliphatic heterocycles. The smallest absolute Gasteiger partial charge is 0.322 e. The average molecular weight is 420 g/mol. The van der Waals surface area contributed by atoms with Gasteiger partial charge in [0.05, 0.1) is 0 Å². The molecule has 0 aromatic carbocycles. The Morgan fingerprint density at radius 3 is 2.32 bits per heavy atom. The van der Waals surface area contributed by atoms with Crippen molar-refractivity contribution in [3.63, 3.8) is 0 Å². The normalized spacial score (nSPS) is 33.6. The molecule has 0 heterocycles. The molecule has 0 amide bonds. The van der Waals surface area contributed by atoms with Gasteiger partial charge in [-0.3, -0.25) is 4.79 Å². The Balaban J connectivity index is 2.07. The molecule has 3 heteroatoms. The van der Waals surface area contributed by atoms with Gasteiger partial charge in [-0.05, 0) is 56.3 Å². The largest absolute Gasteiger partial charge is 0.461 e. The molecule has 2 bridgehead atoms. The van der Waals surface area contributed by atoms with Crippen LogP contribution in [0.15, 0.2) is 0 Å². The minimum absolute atomic E-state index is 0.00312. The molecule has 5 unspecified atom stereocenters. The molecule has 2 rings (SSSR count). The molecule has 0 radical (unpaired) electrons. The lowest BCUT2D eigenvalue weighted by Gasteiger charge is -2.43. The summed E-state index contributed by atoms with van der Waals surface area (Å²) in [7, 11) is 0. The Kier molecular flexibility index (Phi) is 6.61. The van der Waals surface area contributed by atoms with Crippen LogP contribution in [0.1, 0.15) is 79.1 Å². The van der Waals surface area contributed by atoms with Crippen molar-refractivity contribution in [2.24, 2.45) is 23.7 Å². The first-order chi connectivity index (χ1) is 10.4. The minimum atomic E-state index is -0.381. The maximum atomic E-state index is 12.6. The summed E-state index contributed by atoms with van der Waals surface area (Å²) in [4.78, 5) is 12.6. The minimum Gasteiger partial charge on any atom is -0.461 e. The van der Waals surface area contributed by atoms with Gasteiger partial charge in [-0.25, -0.2) is 0 Å². The molecule has 0 aromatic rings. The zero-order valence-electron chi connectivity index (χ0n) is 14.7. The molecular weight excluding hydrogens is 387 g/mol. The van der Waals surface area contributed by atoms with E-state index in [9.17, 15) is 4.79 Å². The number of alkyl halides is 1. The number of halogens is 1. The van der Waals surface area contributed by atoms with Crippen LogP contribution in [0.4, 0.5) is 0 Å². The summed E-state index contributed by atoms with van der Waals surface area (Å²) in [6.07, 6.45) is 10.2. The summed E-state index contributed by atoms with van der Waals surface area (Å²) in [5, 5.41) is 0. The van der Waals surface area contributed by atoms with Gasteiger partial charge in [0.2, 0.25) is 0 Å². The van der Waals surface area contributed by atoms with Gasteiger partial charge in [-0.1, -0.05) is 69.0 Å². The van der Waals surface area contributed by atoms with E-state index in [4.69, 9.17) is 4.74 Å². The van der Waals surface area contributed by atoms with Crippen LogP contribution in [0.3, 0.4) is 0 Å². The number of carbonyl (C=O) groups is 1. The molecule has 5 atom stereocenters. The second kappa shape index (κ2) is 7.85. The molecule has 0 N–H and O–H groups in total. The summed E-state index contributed by atoms with van der Waals surface area (Å²) in [5.74, 6) is 2.83. The van der Waals surface area contributed by atoms with Crippen LogP contribution in [0, 0.1) is 23.7 Å². The fourth-order valence-corrected chi connectivity index (χ4v) is 4.48. The Hall–Kier alpha value is 0.200. The summed E-state index contributed by atoms with van der Waals surface area (Å²) in [5.41, 5.74) is 0. The SMILES string of the molecule is CCC(C)C(OC(=O)C(C)(I)CC)C1CC2CCCC(C2)C1. The van der Waals surface area contributed by atoms with Crippen LogP contribution in [-0.2, 0) is 9.53 Å². The van der Waals surface area contributed by atoms with Gasteiger partial charge in [-0.2, -0.15) is 0 Å². The third-order valence-corrected chi connectivity index (χ3v) is 7.37. The maximum Gasteiger partial charge on any atom is 0.322 e. The Morgan fingerprint density at radius 1 is 1.23 bits per heavy atom. The number of hydrogen-bond acceptors (Lipinski definition) is 2. The van der Waals surface area contributed by atoms with Crippen molar-refractivity contribution in [3.8, 4) is 0 Å². The molecular formula is C19H33IO2. The number of esters is 1. The van der Waals surface area contributed by atoms with E-state index in [0.29, 0.717) is 11.8 Å². The molecule has 128 valence electrons. The third kappa shape index (κ3) is 4.39. The number of fused-ring (bicyclic) bond motifs is 2. The molecule has 2 aliphatic rings. The molecule has 22 heavy (non-hydrogen) atoms. The standard InChI is InChI=1S/C19H33IO2/c1-5-13(3)17(22-18(21)19(4,20)6-2)16-11-14-8-7-9-15(10-14)12-16/h13-17H,5-12H2,1-4H3. The third-order valence-electron chi connectivity index (χ3n) is 6.17. The van der Waals surface area contributed by atoms with Crippen LogP contribution in [0.25, 0.3) is 0 Å². The molecule has 2 fully saturated rings.